The third-order valence-electron chi connectivity index (χ3n) is 5.61. The molecule has 2 N–H and O–H groups in total. The molecule has 31 heavy (non-hydrogen) atoms. The van der Waals surface area contributed by atoms with Crippen LogP contribution in [0.3, 0.4) is 0 Å². The Morgan fingerprint density at radius 3 is 2.32 bits per heavy atom. The van der Waals surface area contributed by atoms with Gasteiger partial charge in [-0.3, -0.25) is 4.79 Å². The van der Waals surface area contributed by atoms with Crippen LogP contribution < -0.4 is 19.9 Å². The Hall–Kier alpha value is -3.43. The van der Waals surface area contributed by atoms with Gasteiger partial charge in [-0.2, -0.15) is 0 Å². The minimum absolute atomic E-state index is 0.0636. The van der Waals surface area contributed by atoms with E-state index in [1.165, 1.54) is 12.1 Å². The number of carbonyl (C=O) groups is 1. The molecule has 1 aromatic heterocycles. The summed E-state index contributed by atoms with van der Waals surface area (Å²) in [6.07, 6.45) is 3.11. The number of benzene rings is 2. The smallest absolute Gasteiger partial charge is 0.254 e. The first kappa shape index (κ1) is 19.5. The number of fused-ring (bicyclic) bond motifs is 1. The number of carbonyl (C=O) groups excluding carboxylic acids is 1. The molecule has 2 aliphatic rings. The molecular formula is C22H18N3O5S. The molecule has 157 valence electrons. The van der Waals surface area contributed by atoms with Gasteiger partial charge in [0.15, 0.2) is 11.5 Å². The number of pyridine rings is 1. The molecule has 1 saturated carbocycles. The fraction of sp³-hybridized carbons (Fsp3) is 0.182. The average Bonchev–Trinajstić information content (AvgIpc) is 3.45. The van der Waals surface area contributed by atoms with Crippen molar-refractivity contribution >= 4 is 21.7 Å². The molecule has 1 aliphatic carbocycles. The molecule has 1 fully saturated rings. The molecule has 0 bridgehead atoms. The molecule has 0 spiro atoms. The number of hydrogen-bond donors (Lipinski definition) is 1. The molecule has 9 heteroatoms. The zero-order chi connectivity index (χ0) is 21.6. The summed E-state index contributed by atoms with van der Waals surface area (Å²) >= 11 is 0. The fourth-order valence-electron chi connectivity index (χ4n) is 3.67. The molecule has 3 aromatic rings. The van der Waals surface area contributed by atoms with E-state index in [4.69, 9.17) is 14.6 Å². The number of amides is 1. The van der Waals surface area contributed by atoms with Crippen LogP contribution >= 0.6 is 0 Å². The first-order chi connectivity index (χ1) is 14.8. The third kappa shape index (κ3) is 3.62. The Balaban J connectivity index is 1.31. The first-order valence-corrected chi connectivity index (χ1v) is 11.1. The minimum atomic E-state index is -3.98. The summed E-state index contributed by atoms with van der Waals surface area (Å²) in [5.74, 6) is 1.66. The van der Waals surface area contributed by atoms with E-state index in [9.17, 15) is 13.2 Å². The fourth-order valence-corrected chi connectivity index (χ4v) is 4.16. The quantitative estimate of drug-likeness (QED) is 0.656. The number of nitrogens with zero attached hydrogens (tertiary/aromatic N) is 1. The Bertz CT molecular complexity index is 1270. The first-order valence-electron chi connectivity index (χ1n) is 9.63. The van der Waals surface area contributed by atoms with E-state index in [0.717, 1.165) is 29.5 Å². The highest BCUT2D eigenvalue weighted by Crippen LogP contribution is 2.51. The second-order valence-electron chi connectivity index (χ2n) is 7.56. The van der Waals surface area contributed by atoms with E-state index in [0.29, 0.717) is 17.3 Å². The molecule has 1 amide bonds. The summed E-state index contributed by atoms with van der Waals surface area (Å²) < 4.78 is 33.3. The van der Waals surface area contributed by atoms with E-state index >= 15 is 0 Å². The van der Waals surface area contributed by atoms with Crippen LogP contribution in [0.25, 0.3) is 11.1 Å². The lowest BCUT2D eigenvalue weighted by molar-refractivity contribution is -0.118. The van der Waals surface area contributed by atoms with Gasteiger partial charge in [-0.05, 0) is 60.4 Å². The number of anilines is 1. The monoisotopic (exact) mass is 436 g/mol. The van der Waals surface area contributed by atoms with Crippen LogP contribution in [0.2, 0.25) is 0 Å². The van der Waals surface area contributed by atoms with Crippen molar-refractivity contribution in [3.05, 3.63) is 66.4 Å². The van der Waals surface area contributed by atoms with Crippen LogP contribution in [0.5, 0.6) is 11.5 Å². The Kier molecular flexibility index (Phi) is 4.45. The Morgan fingerprint density at radius 1 is 0.968 bits per heavy atom. The predicted molar refractivity (Wildman–Crippen MR) is 112 cm³/mol. The van der Waals surface area contributed by atoms with Crippen molar-refractivity contribution in [1.29, 1.82) is 0 Å². The van der Waals surface area contributed by atoms with Gasteiger partial charge in [0.25, 0.3) is 10.0 Å². The van der Waals surface area contributed by atoms with Crippen LogP contribution in [0.4, 0.5) is 5.82 Å². The average molecular weight is 436 g/mol. The van der Waals surface area contributed by atoms with Crippen LogP contribution in [-0.4, -0.2) is 26.1 Å². The minimum Gasteiger partial charge on any atom is -0.454 e. The molecule has 0 unspecified atom stereocenters. The van der Waals surface area contributed by atoms with Gasteiger partial charge in [0.1, 0.15) is 5.82 Å². The lowest BCUT2D eigenvalue weighted by Crippen LogP contribution is -2.28. The summed E-state index contributed by atoms with van der Waals surface area (Å²) in [6, 6.07) is 15.1. The number of rotatable bonds is 5. The maximum Gasteiger partial charge on any atom is 0.254 e. The van der Waals surface area contributed by atoms with Crippen LogP contribution in [0.15, 0.2) is 65.7 Å². The van der Waals surface area contributed by atoms with Gasteiger partial charge in [-0.25, -0.2) is 13.4 Å². The van der Waals surface area contributed by atoms with Gasteiger partial charge < -0.3 is 14.8 Å². The number of aromatic nitrogens is 1. The van der Waals surface area contributed by atoms with E-state index < -0.39 is 15.4 Å². The van der Waals surface area contributed by atoms with Crippen molar-refractivity contribution < 1.29 is 22.7 Å². The number of ether oxygens (including phenoxy) is 2. The second-order valence-corrected chi connectivity index (χ2v) is 9.04. The second kappa shape index (κ2) is 7.07. The zero-order valence-electron chi connectivity index (χ0n) is 16.3. The van der Waals surface area contributed by atoms with E-state index in [1.807, 2.05) is 18.2 Å². The molecule has 1 aliphatic heterocycles. The molecule has 2 aromatic carbocycles. The summed E-state index contributed by atoms with van der Waals surface area (Å²) in [7, 11) is -3.98. The van der Waals surface area contributed by atoms with Gasteiger partial charge in [0, 0.05) is 11.8 Å². The number of hydrogen-bond acceptors (Lipinski definition) is 6. The molecule has 1 radical (unpaired) electrons. The standard InChI is InChI=1S/C22H18N3O5S/c23-31(27,28)17-5-1-14(2-6-17)15-3-8-20(24-12-15)25-21(26)22(9-10-22)16-4-7-18-19(11-16)30-13-29-18/h1-8,11-12,23H,9-10,13H2,(H,24,25,26). The third-order valence-corrected chi connectivity index (χ3v) is 6.51. The summed E-state index contributed by atoms with van der Waals surface area (Å²) in [4.78, 5) is 17.2. The SMILES string of the molecule is [NH]S(=O)(=O)c1ccc(-c2ccc(NC(=O)C3(c4ccc5c(c4)OCO5)CC3)nc2)cc1. The molecule has 8 nitrogen and oxygen atoms in total. The number of nitrogens with one attached hydrogen (secondary N) is 2. The van der Waals surface area contributed by atoms with Crippen molar-refractivity contribution in [2.75, 3.05) is 12.1 Å². The van der Waals surface area contributed by atoms with Crippen molar-refractivity contribution in [2.45, 2.75) is 23.2 Å². The van der Waals surface area contributed by atoms with E-state index in [2.05, 4.69) is 10.3 Å². The molecular weight excluding hydrogens is 418 g/mol. The molecule has 0 atom stereocenters. The lowest BCUT2D eigenvalue weighted by atomic mass is 9.94. The largest absolute Gasteiger partial charge is 0.454 e. The van der Waals surface area contributed by atoms with Gasteiger partial charge in [-0.1, -0.05) is 18.2 Å². The highest BCUT2D eigenvalue weighted by molar-refractivity contribution is 7.88. The Labute approximate surface area is 179 Å². The van der Waals surface area contributed by atoms with E-state index in [-0.39, 0.29) is 17.6 Å². The zero-order valence-corrected chi connectivity index (χ0v) is 17.1. The van der Waals surface area contributed by atoms with Gasteiger partial charge >= 0.3 is 0 Å². The van der Waals surface area contributed by atoms with Crippen LogP contribution in [0, 0.1) is 0 Å². The normalized spacial score (nSPS) is 16.0. The summed E-state index contributed by atoms with van der Waals surface area (Å²) in [6.45, 7) is 0.190. The van der Waals surface area contributed by atoms with Crippen LogP contribution in [-0.2, 0) is 20.2 Å². The molecule has 5 rings (SSSR count). The summed E-state index contributed by atoms with van der Waals surface area (Å²) in [5, 5.41) is 9.99. The number of sulfonamides is 1. The van der Waals surface area contributed by atoms with E-state index in [1.54, 1.807) is 30.5 Å². The lowest BCUT2D eigenvalue weighted by Gasteiger charge is -2.16. The van der Waals surface area contributed by atoms with Gasteiger partial charge in [0.05, 0.1) is 10.3 Å². The highest BCUT2D eigenvalue weighted by atomic mass is 32.2. The molecule has 0 saturated heterocycles. The van der Waals surface area contributed by atoms with Gasteiger partial charge in [0.2, 0.25) is 12.7 Å². The van der Waals surface area contributed by atoms with Crippen molar-refractivity contribution in [3.63, 3.8) is 0 Å². The predicted octanol–water partition coefficient (Wildman–Crippen LogP) is 3.12. The maximum atomic E-state index is 13.0. The van der Waals surface area contributed by atoms with Crippen molar-refractivity contribution in [2.24, 2.45) is 0 Å². The molecule has 2 heterocycles. The van der Waals surface area contributed by atoms with Crippen molar-refractivity contribution in [3.8, 4) is 22.6 Å². The van der Waals surface area contributed by atoms with Crippen LogP contribution in [0.1, 0.15) is 18.4 Å². The van der Waals surface area contributed by atoms with Crippen molar-refractivity contribution in [1.82, 2.24) is 10.1 Å². The summed E-state index contributed by atoms with van der Waals surface area (Å²) in [5.41, 5.74) is 1.84. The highest BCUT2D eigenvalue weighted by Gasteiger charge is 2.51. The maximum absolute atomic E-state index is 13.0. The van der Waals surface area contributed by atoms with Gasteiger partial charge in [-0.15, -0.1) is 5.14 Å². The topological polar surface area (TPSA) is 118 Å². The Morgan fingerprint density at radius 2 is 1.68 bits per heavy atom.